The van der Waals surface area contributed by atoms with Gasteiger partial charge in [-0.05, 0) is 31.9 Å². The molecule has 2 atom stereocenters. The van der Waals surface area contributed by atoms with Gasteiger partial charge in [0.2, 0.25) is 0 Å². The fraction of sp³-hybridized carbons (Fsp3) is 0.615. The van der Waals surface area contributed by atoms with E-state index in [-0.39, 0.29) is 6.04 Å². The minimum Gasteiger partial charge on any atom is -0.388 e. The number of nitrogens with zero attached hydrogens (tertiary/aromatic N) is 2. The van der Waals surface area contributed by atoms with E-state index in [0.29, 0.717) is 6.54 Å². The lowest BCUT2D eigenvalue weighted by molar-refractivity contribution is 0.0839. The summed E-state index contributed by atoms with van der Waals surface area (Å²) in [6, 6.07) is 4.04. The molecule has 3 N–H and O–H groups in total. The van der Waals surface area contributed by atoms with Crippen LogP contribution in [-0.4, -0.2) is 28.8 Å². The second kappa shape index (κ2) is 4.63. The van der Waals surface area contributed by atoms with Gasteiger partial charge < -0.3 is 15.7 Å². The minimum absolute atomic E-state index is 0.0192. The number of β-amino-alcohol motifs (C(OH)–C–C–N with tert-alkyl or cyclic N) is 1. The second-order valence-corrected chi connectivity index (χ2v) is 5.12. The van der Waals surface area contributed by atoms with E-state index in [4.69, 9.17) is 5.73 Å². The average molecular weight is 235 g/mol. The van der Waals surface area contributed by atoms with Gasteiger partial charge in [0, 0.05) is 19.1 Å². The molecule has 94 valence electrons. The first-order chi connectivity index (χ1) is 8.02. The first-order valence-corrected chi connectivity index (χ1v) is 6.21. The third kappa shape index (κ3) is 2.76. The Morgan fingerprint density at radius 3 is 2.82 bits per heavy atom. The van der Waals surface area contributed by atoms with E-state index in [2.05, 4.69) is 16.8 Å². The molecule has 0 amide bonds. The Kier molecular flexibility index (Phi) is 3.35. The summed E-state index contributed by atoms with van der Waals surface area (Å²) < 4.78 is 0. The van der Waals surface area contributed by atoms with Gasteiger partial charge in [-0.1, -0.05) is 6.92 Å². The Morgan fingerprint density at radius 1 is 1.59 bits per heavy atom. The van der Waals surface area contributed by atoms with Crippen molar-refractivity contribution in [2.75, 3.05) is 18.0 Å². The van der Waals surface area contributed by atoms with E-state index < -0.39 is 5.60 Å². The number of pyridine rings is 1. The van der Waals surface area contributed by atoms with Crippen LogP contribution < -0.4 is 10.6 Å². The summed E-state index contributed by atoms with van der Waals surface area (Å²) in [5, 5.41) is 9.92. The van der Waals surface area contributed by atoms with Crippen LogP contribution in [-0.2, 0) is 0 Å². The van der Waals surface area contributed by atoms with E-state index in [1.165, 1.54) is 0 Å². The summed E-state index contributed by atoms with van der Waals surface area (Å²) in [5.41, 5.74) is 7.35. The summed E-state index contributed by atoms with van der Waals surface area (Å²) >= 11 is 0. The van der Waals surface area contributed by atoms with Gasteiger partial charge in [-0.25, -0.2) is 0 Å². The van der Waals surface area contributed by atoms with E-state index in [1.54, 1.807) is 0 Å². The Balaban J connectivity index is 2.09. The molecule has 1 fully saturated rings. The van der Waals surface area contributed by atoms with E-state index >= 15 is 0 Å². The summed E-state index contributed by atoms with van der Waals surface area (Å²) in [4.78, 5) is 6.55. The summed E-state index contributed by atoms with van der Waals surface area (Å²) in [5.74, 6) is 0. The summed E-state index contributed by atoms with van der Waals surface area (Å²) in [6.07, 6.45) is 3.56. The molecule has 4 nitrogen and oxygen atoms in total. The van der Waals surface area contributed by atoms with Crippen LogP contribution in [0.5, 0.6) is 0 Å². The fourth-order valence-electron chi connectivity index (χ4n) is 2.18. The van der Waals surface area contributed by atoms with Gasteiger partial charge in [0.15, 0.2) is 0 Å². The number of rotatable bonds is 3. The molecule has 0 aromatic carbocycles. The zero-order valence-corrected chi connectivity index (χ0v) is 10.6. The molecule has 1 aliphatic heterocycles. The highest BCUT2D eigenvalue weighted by molar-refractivity contribution is 5.46. The van der Waals surface area contributed by atoms with Crippen molar-refractivity contribution in [3.05, 3.63) is 24.0 Å². The van der Waals surface area contributed by atoms with Crippen LogP contribution in [0.3, 0.4) is 0 Å². The van der Waals surface area contributed by atoms with Crippen molar-refractivity contribution in [1.29, 1.82) is 0 Å². The van der Waals surface area contributed by atoms with Gasteiger partial charge in [0.25, 0.3) is 0 Å². The lowest BCUT2D eigenvalue weighted by Crippen LogP contribution is -2.29. The molecule has 0 bridgehead atoms. The lowest BCUT2D eigenvalue weighted by atomic mass is 10.1. The van der Waals surface area contributed by atoms with Crippen LogP contribution in [0.2, 0.25) is 0 Å². The van der Waals surface area contributed by atoms with Gasteiger partial charge >= 0.3 is 0 Å². The fourth-order valence-corrected chi connectivity index (χ4v) is 2.18. The average Bonchev–Trinajstić information content (AvgIpc) is 2.69. The molecule has 1 aromatic heterocycles. The van der Waals surface area contributed by atoms with Crippen molar-refractivity contribution in [2.45, 2.75) is 38.3 Å². The van der Waals surface area contributed by atoms with Crippen LogP contribution in [0.25, 0.3) is 0 Å². The number of hydrogen-bond donors (Lipinski definition) is 2. The van der Waals surface area contributed by atoms with Crippen LogP contribution >= 0.6 is 0 Å². The SMILES string of the molecule is CC[C@@H](N)c1ccc(N2CCC(C)(O)C2)cn1. The zero-order chi connectivity index (χ0) is 12.5. The van der Waals surface area contributed by atoms with Gasteiger partial charge in [-0.3, -0.25) is 4.98 Å². The molecular weight excluding hydrogens is 214 g/mol. The highest BCUT2D eigenvalue weighted by atomic mass is 16.3. The largest absolute Gasteiger partial charge is 0.388 e. The summed E-state index contributed by atoms with van der Waals surface area (Å²) in [7, 11) is 0. The quantitative estimate of drug-likeness (QED) is 0.832. The minimum atomic E-state index is -0.571. The first kappa shape index (κ1) is 12.3. The Hall–Kier alpha value is -1.13. The normalized spacial score (nSPS) is 26.2. The highest BCUT2D eigenvalue weighted by Crippen LogP contribution is 2.26. The van der Waals surface area contributed by atoms with Crippen molar-refractivity contribution >= 4 is 5.69 Å². The van der Waals surface area contributed by atoms with Crippen molar-refractivity contribution in [3.8, 4) is 0 Å². The van der Waals surface area contributed by atoms with Crippen molar-refractivity contribution in [2.24, 2.45) is 5.73 Å². The number of aliphatic hydroxyl groups is 1. The topological polar surface area (TPSA) is 62.4 Å². The molecule has 1 aliphatic rings. The zero-order valence-electron chi connectivity index (χ0n) is 10.6. The second-order valence-electron chi connectivity index (χ2n) is 5.12. The maximum absolute atomic E-state index is 9.92. The number of nitrogens with two attached hydrogens (primary N) is 1. The Morgan fingerprint density at radius 2 is 2.35 bits per heavy atom. The van der Waals surface area contributed by atoms with Gasteiger partial charge in [-0.15, -0.1) is 0 Å². The molecule has 1 aromatic rings. The van der Waals surface area contributed by atoms with Gasteiger partial charge in [-0.2, -0.15) is 0 Å². The third-order valence-corrected chi connectivity index (χ3v) is 3.41. The number of aromatic nitrogens is 1. The molecule has 1 unspecified atom stereocenters. The molecule has 17 heavy (non-hydrogen) atoms. The molecule has 2 heterocycles. The lowest BCUT2D eigenvalue weighted by Gasteiger charge is -2.21. The van der Waals surface area contributed by atoms with Crippen LogP contribution in [0.1, 0.15) is 38.4 Å². The molecule has 4 heteroatoms. The third-order valence-electron chi connectivity index (χ3n) is 3.41. The molecule has 0 spiro atoms. The standard InChI is InChI=1S/C13H21N3O/c1-3-11(14)12-5-4-10(8-15-12)16-7-6-13(2,17)9-16/h4-5,8,11,17H,3,6-7,9,14H2,1-2H3/t11-,13?/m1/s1. The van der Waals surface area contributed by atoms with E-state index in [0.717, 1.165) is 30.8 Å². The van der Waals surface area contributed by atoms with Crippen LogP contribution in [0, 0.1) is 0 Å². The van der Waals surface area contributed by atoms with Crippen molar-refractivity contribution < 1.29 is 5.11 Å². The summed E-state index contributed by atoms with van der Waals surface area (Å²) in [6.45, 7) is 5.49. The van der Waals surface area contributed by atoms with Crippen molar-refractivity contribution in [1.82, 2.24) is 4.98 Å². The molecule has 0 radical (unpaired) electrons. The molecular formula is C13H21N3O. The predicted octanol–water partition coefficient (Wildman–Crippen LogP) is 1.45. The molecule has 0 aliphatic carbocycles. The highest BCUT2D eigenvalue weighted by Gasteiger charge is 2.31. The molecule has 2 rings (SSSR count). The van der Waals surface area contributed by atoms with Gasteiger partial charge in [0.1, 0.15) is 0 Å². The smallest absolute Gasteiger partial charge is 0.0810 e. The Labute approximate surface area is 102 Å². The van der Waals surface area contributed by atoms with E-state index in [1.807, 2.05) is 25.3 Å². The maximum atomic E-state index is 9.92. The molecule has 0 saturated carbocycles. The Bertz CT molecular complexity index is 375. The monoisotopic (exact) mass is 235 g/mol. The predicted molar refractivity (Wildman–Crippen MR) is 68.9 cm³/mol. The van der Waals surface area contributed by atoms with E-state index in [9.17, 15) is 5.11 Å². The molecule has 1 saturated heterocycles. The number of anilines is 1. The maximum Gasteiger partial charge on any atom is 0.0810 e. The van der Waals surface area contributed by atoms with Crippen molar-refractivity contribution in [3.63, 3.8) is 0 Å². The first-order valence-electron chi connectivity index (χ1n) is 6.21. The number of hydrogen-bond acceptors (Lipinski definition) is 4. The van der Waals surface area contributed by atoms with Crippen LogP contribution in [0.4, 0.5) is 5.69 Å². The van der Waals surface area contributed by atoms with Gasteiger partial charge in [0.05, 0.1) is 23.2 Å². The van der Waals surface area contributed by atoms with Crippen LogP contribution in [0.15, 0.2) is 18.3 Å².